The molecule has 0 fully saturated rings. The highest BCUT2D eigenvalue weighted by Gasteiger charge is 2.22. The quantitative estimate of drug-likeness (QED) is 0.754. The van der Waals surface area contributed by atoms with Crippen LogP contribution in [0, 0.1) is 0 Å². The van der Waals surface area contributed by atoms with Crippen molar-refractivity contribution in [3.8, 4) is 0 Å². The van der Waals surface area contributed by atoms with Gasteiger partial charge in [0.2, 0.25) is 0 Å². The predicted molar refractivity (Wildman–Crippen MR) is 75.3 cm³/mol. The Morgan fingerprint density at radius 3 is 2.78 bits per heavy atom. The number of fused-ring (bicyclic) bond motifs is 1. The van der Waals surface area contributed by atoms with Gasteiger partial charge in [-0.2, -0.15) is 0 Å². The maximum Gasteiger partial charge on any atom is 0.133 e. The van der Waals surface area contributed by atoms with Gasteiger partial charge >= 0.3 is 0 Å². The third-order valence-electron chi connectivity index (χ3n) is 3.78. The summed E-state index contributed by atoms with van der Waals surface area (Å²) < 4.78 is 5.74. The monoisotopic (exact) mass is 238 g/mol. The van der Waals surface area contributed by atoms with Gasteiger partial charge < -0.3 is 4.42 Å². The summed E-state index contributed by atoms with van der Waals surface area (Å²) in [5, 5.41) is 0. The summed E-state index contributed by atoms with van der Waals surface area (Å²) in [7, 11) is 0. The highest BCUT2D eigenvalue weighted by Crippen LogP contribution is 2.39. The molecule has 0 saturated carbocycles. The largest absolute Gasteiger partial charge is 0.464 e. The summed E-state index contributed by atoms with van der Waals surface area (Å²) >= 11 is 0. The first kappa shape index (κ1) is 11.3. The predicted octanol–water partition coefficient (Wildman–Crippen LogP) is 4.72. The van der Waals surface area contributed by atoms with E-state index in [9.17, 15) is 0 Å². The molecule has 1 heteroatoms. The van der Waals surface area contributed by atoms with Crippen molar-refractivity contribution in [3.05, 3.63) is 59.0 Å². The molecule has 92 valence electrons. The summed E-state index contributed by atoms with van der Waals surface area (Å²) in [5.74, 6) is 1.10. The summed E-state index contributed by atoms with van der Waals surface area (Å²) in [6.45, 7) is 4.42. The molecule has 3 rings (SSSR count). The highest BCUT2D eigenvalue weighted by molar-refractivity contribution is 5.95. The van der Waals surface area contributed by atoms with Crippen LogP contribution < -0.4 is 0 Å². The Hall–Kier alpha value is -1.76. The van der Waals surface area contributed by atoms with Gasteiger partial charge in [-0.1, -0.05) is 37.6 Å². The molecule has 18 heavy (non-hydrogen) atoms. The second-order valence-corrected chi connectivity index (χ2v) is 4.96. The van der Waals surface area contributed by atoms with Crippen LogP contribution in [0.5, 0.6) is 0 Å². The van der Waals surface area contributed by atoms with Gasteiger partial charge in [0, 0.05) is 12.0 Å². The van der Waals surface area contributed by atoms with Crippen LogP contribution in [-0.2, 0) is 12.8 Å². The molecule has 1 nitrogen and oxygen atoms in total. The van der Waals surface area contributed by atoms with E-state index >= 15 is 0 Å². The molecule has 0 saturated heterocycles. The first-order valence-corrected chi connectivity index (χ1v) is 6.66. The molecule has 1 aliphatic carbocycles. The van der Waals surface area contributed by atoms with E-state index in [1.165, 1.54) is 27.8 Å². The van der Waals surface area contributed by atoms with Crippen LogP contribution in [0.1, 0.15) is 42.7 Å². The highest BCUT2D eigenvalue weighted by atomic mass is 16.3. The number of furan rings is 1. The van der Waals surface area contributed by atoms with Gasteiger partial charge in [-0.3, -0.25) is 0 Å². The summed E-state index contributed by atoms with van der Waals surface area (Å²) in [4.78, 5) is 0. The normalized spacial score (nSPS) is 14.1. The molecule has 0 spiro atoms. The number of hydrogen-bond donors (Lipinski definition) is 0. The van der Waals surface area contributed by atoms with E-state index in [0.29, 0.717) is 0 Å². The maximum absolute atomic E-state index is 5.74. The van der Waals surface area contributed by atoms with E-state index in [2.05, 4.69) is 44.2 Å². The third-order valence-corrected chi connectivity index (χ3v) is 3.78. The van der Waals surface area contributed by atoms with Gasteiger partial charge in [0.1, 0.15) is 5.76 Å². The first-order chi connectivity index (χ1) is 8.81. The molecular weight excluding hydrogens is 220 g/mol. The van der Waals surface area contributed by atoms with Crippen molar-refractivity contribution in [1.29, 1.82) is 0 Å². The Morgan fingerprint density at radius 2 is 2.00 bits per heavy atom. The zero-order chi connectivity index (χ0) is 12.5. The van der Waals surface area contributed by atoms with Crippen molar-refractivity contribution in [2.75, 3.05) is 0 Å². The average Bonchev–Trinajstić information content (AvgIpc) is 2.96. The molecule has 0 amide bonds. The van der Waals surface area contributed by atoms with Crippen LogP contribution in [0.4, 0.5) is 0 Å². The van der Waals surface area contributed by atoms with Gasteiger partial charge in [0.05, 0.1) is 6.26 Å². The van der Waals surface area contributed by atoms with Crippen molar-refractivity contribution >= 4 is 11.1 Å². The lowest BCUT2D eigenvalue weighted by Gasteiger charge is -2.04. The SMILES string of the molecule is CCCc1ccoc1C1=C(C)c2ccccc2C1. The molecule has 0 radical (unpaired) electrons. The van der Waals surface area contributed by atoms with E-state index in [4.69, 9.17) is 4.42 Å². The van der Waals surface area contributed by atoms with Crippen molar-refractivity contribution < 1.29 is 4.42 Å². The second-order valence-electron chi connectivity index (χ2n) is 4.96. The molecule has 0 N–H and O–H groups in total. The van der Waals surface area contributed by atoms with Crippen LogP contribution >= 0.6 is 0 Å². The van der Waals surface area contributed by atoms with Gasteiger partial charge in [-0.25, -0.2) is 0 Å². The molecule has 2 aromatic rings. The van der Waals surface area contributed by atoms with Gasteiger partial charge in [0.25, 0.3) is 0 Å². The standard InChI is InChI=1S/C17H18O/c1-3-6-13-9-10-18-17(13)16-11-14-7-4-5-8-15(14)12(16)2/h4-5,7-10H,3,6,11H2,1-2H3. The van der Waals surface area contributed by atoms with E-state index < -0.39 is 0 Å². The lowest BCUT2D eigenvalue weighted by atomic mass is 10.0. The zero-order valence-corrected chi connectivity index (χ0v) is 11.0. The fraction of sp³-hybridized carbons (Fsp3) is 0.294. The minimum atomic E-state index is 1.01. The fourth-order valence-corrected chi connectivity index (χ4v) is 2.84. The Bertz CT molecular complexity index is 602. The van der Waals surface area contributed by atoms with E-state index in [0.717, 1.165) is 25.0 Å². The van der Waals surface area contributed by atoms with Crippen molar-refractivity contribution in [1.82, 2.24) is 0 Å². The Morgan fingerprint density at radius 1 is 1.17 bits per heavy atom. The lowest BCUT2D eigenvalue weighted by molar-refractivity contribution is 0.547. The summed E-state index contributed by atoms with van der Waals surface area (Å²) in [6.07, 6.45) is 5.08. The topological polar surface area (TPSA) is 13.1 Å². The van der Waals surface area contributed by atoms with Crippen molar-refractivity contribution in [2.45, 2.75) is 33.1 Å². The van der Waals surface area contributed by atoms with Crippen molar-refractivity contribution in [2.24, 2.45) is 0 Å². The number of allylic oxidation sites excluding steroid dienone is 2. The maximum atomic E-state index is 5.74. The molecule has 0 aliphatic heterocycles. The minimum absolute atomic E-state index is 1.01. The van der Waals surface area contributed by atoms with E-state index in [-0.39, 0.29) is 0 Å². The van der Waals surface area contributed by atoms with E-state index in [1.807, 2.05) is 6.26 Å². The lowest BCUT2D eigenvalue weighted by Crippen LogP contribution is -1.90. The second kappa shape index (κ2) is 4.49. The van der Waals surface area contributed by atoms with Crippen LogP contribution in [0.3, 0.4) is 0 Å². The smallest absolute Gasteiger partial charge is 0.133 e. The van der Waals surface area contributed by atoms with Crippen LogP contribution in [0.25, 0.3) is 11.1 Å². The average molecular weight is 238 g/mol. The zero-order valence-electron chi connectivity index (χ0n) is 11.0. The fourth-order valence-electron chi connectivity index (χ4n) is 2.84. The molecule has 1 heterocycles. The van der Waals surface area contributed by atoms with Crippen LogP contribution in [-0.4, -0.2) is 0 Å². The molecule has 0 unspecified atom stereocenters. The summed E-state index contributed by atoms with van der Waals surface area (Å²) in [5.41, 5.74) is 6.89. The number of aryl methyl sites for hydroxylation is 1. The van der Waals surface area contributed by atoms with Gasteiger partial charge in [-0.15, -0.1) is 0 Å². The number of rotatable bonds is 3. The molecule has 1 aromatic carbocycles. The Labute approximate surface area is 108 Å². The molecule has 1 aliphatic rings. The molecular formula is C17H18O. The van der Waals surface area contributed by atoms with Crippen LogP contribution in [0.2, 0.25) is 0 Å². The third kappa shape index (κ3) is 1.71. The molecule has 0 bridgehead atoms. The van der Waals surface area contributed by atoms with Crippen molar-refractivity contribution in [3.63, 3.8) is 0 Å². The molecule has 0 atom stereocenters. The number of hydrogen-bond acceptors (Lipinski definition) is 1. The molecule has 1 aromatic heterocycles. The summed E-state index contributed by atoms with van der Waals surface area (Å²) in [6, 6.07) is 10.8. The van der Waals surface area contributed by atoms with Gasteiger partial charge in [-0.05, 0) is 41.7 Å². The Balaban J connectivity index is 2.05. The first-order valence-electron chi connectivity index (χ1n) is 6.66. The Kier molecular flexibility index (Phi) is 2.83. The minimum Gasteiger partial charge on any atom is -0.464 e. The number of benzene rings is 1. The van der Waals surface area contributed by atoms with Gasteiger partial charge in [0.15, 0.2) is 0 Å². The van der Waals surface area contributed by atoms with Crippen LogP contribution in [0.15, 0.2) is 41.0 Å². The van der Waals surface area contributed by atoms with E-state index in [1.54, 1.807) is 0 Å².